The average molecular weight is 321 g/mol. The van der Waals surface area contributed by atoms with Crippen molar-refractivity contribution in [1.29, 1.82) is 0 Å². The van der Waals surface area contributed by atoms with Gasteiger partial charge < -0.3 is 19.9 Å². The number of hydrogen-bond donors (Lipinski definition) is 2. The van der Waals surface area contributed by atoms with E-state index in [-0.39, 0.29) is 17.9 Å². The van der Waals surface area contributed by atoms with Gasteiger partial charge in [0.05, 0.1) is 5.41 Å². The lowest BCUT2D eigenvalue weighted by atomic mass is 9.66. The lowest BCUT2D eigenvalue weighted by Gasteiger charge is -2.40. The first kappa shape index (κ1) is 17.3. The molecule has 6 heteroatoms. The van der Waals surface area contributed by atoms with Crippen molar-refractivity contribution >= 4 is 17.6 Å². The number of aryl methyl sites for hydroxylation is 1. The molecule has 1 aromatic rings. The Bertz CT molecular complexity index is 580. The molecule has 0 unspecified atom stereocenters. The van der Waals surface area contributed by atoms with E-state index in [9.17, 15) is 9.59 Å². The molecule has 1 aromatic carbocycles. The highest BCUT2D eigenvalue weighted by Gasteiger charge is 2.43. The van der Waals surface area contributed by atoms with Crippen LogP contribution in [0, 0.1) is 12.3 Å². The van der Waals surface area contributed by atoms with Crippen molar-refractivity contribution in [2.45, 2.75) is 32.6 Å². The van der Waals surface area contributed by atoms with Crippen LogP contribution >= 0.6 is 0 Å². The molecule has 0 spiro atoms. The summed E-state index contributed by atoms with van der Waals surface area (Å²) in [7, 11) is 1.64. The Kier molecular flexibility index (Phi) is 5.60. The third-order valence-corrected chi connectivity index (χ3v) is 4.39. The maximum absolute atomic E-state index is 12.6. The second-order valence-corrected chi connectivity index (χ2v) is 5.99. The molecule has 0 atom stereocenters. The standard InChI is InChI=1S/C17H23NO5/c1-12-10-13(23-11-15(19)20)4-5-14(12)18-16(21)17(6-3-7-17)8-9-22-2/h4-5,10H,3,6-9,11H2,1-2H3,(H,18,21)(H,19,20). The first-order valence-corrected chi connectivity index (χ1v) is 7.72. The van der Waals surface area contributed by atoms with Crippen molar-refractivity contribution in [1.82, 2.24) is 0 Å². The second kappa shape index (κ2) is 7.46. The quantitative estimate of drug-likeness (QED) is 0.769. The normalized spacial score (nSPS) is 15.6. The number of carboxylic acids is 1. The van der Waals surface area contributed by atoms with E-state index in [2.05, 4.69) is 5.32 Å². The van der Waals surface area contributed by atoms with E-state index >= 15 is 0 Å². The first-order valence-electron chi connectivity index (χ1n) is 7.72. The van der Waals surface area contributed by atoms with Crippen LogP contribution in [-0.4, -0.2) is 37.3 Å². The van der Waals surface area contributed by atoms with Gasteiger partial charge in [0.1, 0.15) is 5.75 Å². The van der Waals surface area contributed by atoms with Gasteiger partial charge in [-0.1, -0.05) is 6.42 Å². The van der Waals surface area contributed by atoms with Gasteiger partial charge in [-0.2, -0.15) is 0 Å². The smallest absolute Gasteiger partial charge is 0.341 e. The fourth-order valence-electron chi connectivity index (χ4n) is 2.76. The average Bonchev–Trinajstić information content (AvgIpc) is 2.46. The molecule has 2 N–H and O–H groups in total. The Balaban J connectivity index is 2.01. The fourth-order valence-corrected chi connectivity index (χ4v) is 2.76. The minimum atomic E-state index is -1.02. The number of anilines is 1. The first-order chi connectivity index (χ1) is 11.0. The summed E-state index contributed by atoms with van der Waals surface area (Å²) in [6, 6.07) is 5.13. The second-order valence-electron chi connectivity index (χ2n) is 5.99. The van der Waals surface area contributed by atoms with Gasteiger partial charge in [-0.25, -0.2) is 4.79 Å². The van der Waals surface area contributed by atoms with Crippen LogP contribution in [0.15, 0.2) is 18.2 Å². The lowest BCUT2D eigenvalue weighted by molar-refractivity contribution is -0.139. The Morgan fingerprint density at radius 3 is 2.61 bits per heavy atom. The van der Waals surface area contributed by atoms with Crippen LogP contribution in [0.25, 0.3) is 0 Å². The van der Waals surface area contributed by atoms with Gasteiger partial charge in [-0.05, 0) is 49.9 Å². The summed E-state index contributed by atoms with van der Waals surface area (Å²) >= 11 is 0. The number of benzene rings is 1. The monoisotopic (exact) mass is 321 g/mol. The highest BCUT2D eigenvalue weighted by atomic mass is 16.5. The molecule has 1 saturated carbocycles. The molecule has 23 heavy (non-hydrogen) atoms. The van der Waals surface area contributed by atoms with Gasteiger partial charge in [0, 0.05) is 19.4 Å². The van der Waals surface area contributed by atoms with E-state index in [4.69, 9.17) is 14.6 Å². The molecule has 1 aliphatic carbocycles. The zero-order valence-corrected chi connectivity index (χ0v) is 13.6. The van der Waals surface area contributed by atoms with Crippen molar-refractivity contribution in [3.05, 3.63) is 23.8 Å². The number of hydrogen-bond acceptors (Lipinski definition) is 4. The van der Waals surface area contributed by atoms with E-state index in [0.717, 1.165) is 36.9 Å². The number of nitrogens with one attached hydrogen (secondary N) is 1. The SMILES string of the molecule is COCCC1(C(=O)Nc2ccc(OCC(=O)O)cc2C)CCC1. The zero-order valence-electron chi connectivity index (χ0n) is 13.6. The molecule has 1 aliphatic rings. The van der Waals surface area contributed by atoms with Crippen LogP contribution in [0.3, 0.4) is 0 Å². The van der Waals surface area contributed by atoms with E-state index in [0.29, 0.717) is 12.4 Å². The highest BCUT2D eigenvalue weighted by Crippen LogP contribution is 2.45. The Morgan fingerprint density at radius 1 is 1.35 bits per heavy atom. The Morgan fingerprint density at radius 2 is 2.09 bits per heavy atom. The van der Waals surface area contributed by atoms with Gasteiger partial charge in [-0.3, -0.25) is 4.79 Å². The molecule has 0 aromatic heterocycles. The van der Waals surface area contributed by atoms with E-state index < -0.39 is 5.97 Å². The summed E-state index contributed by atoms with van der Waals surface area (Å²) in [5.74, 6) is -0.520. The molecule has 0 radical (unpaired) electrons. The summed E-state index contributed by atoms with van der Waals surface area (Å²) in [6.07, 6.45) is 3.58. The number of methoxy groups -OCH3 is 1. The van der Waals surface area contributed by atoms with Gasteiger partial charge in [0.15, 0.2) is 6.61 Å². The van der Waals surface area contributed by atoms with Crippen LogP contribution in [-0.2, 0) is 14.3 Å². The van der Waals surface area contributed by atoms with Crippen molar-refractivity contribution in [3.63, 3.8) is 0 Å². The molecule has 0 saturated heterocycles. The number of rotatable bonds is 8. The Labute approximate surface area is 135 Å². The molecule has 1 amide bonds. The minimum absolute atomic E-state index is 0.0307. The molecule has 126 valence electrons. The largest absolute Gasteiger partial charge is 0.482 e. The van der Waals surface area contributed by atoms with Crippen molar-refractivity contribution < 1.29 is 24.2 Å². The predicted molar refractivity (Wildman–Crippen MR) is 85.7 cm³/mol. The molecule has 2 rings (SSSR count). The van der Waals surface area contributed by atoms with Crippen LogP contribution in [0.5, 0.6) is 5.75 Å². The minimum Gasteiger partial charge on any atom is -0.482 e. The highest BCUT2D eigenvalue weighted by molar-refractivity contribution is 5.96. The van der Waals surface area contributed by atoms with Gasteiger partial charge in [0.25, 0.3) is 0 Å². The van der Waals surface area contributed by atoms with E-state index in [1.807, 2.05) is 6.92 Å². The summed E-state index contributed by atoms with van der Waals surface area (Å²) in [5, 5.41) is 11.6. The maximum Gasteiger partial charge on any atom is 0.341 e. The van der Waals surface area contributed by atoms with Crippen molar-refractivity contribution in [3.8, 4) is 5.75 Å². The Hall–Kier alpha value is -2.08. The fraction of sp³-hybridized carbons (Fsp3) is 0.529. The van der Waals surface area contributed by atoms with Gasteiger partial charge >= 0.3 is 5.97 Å². The summed E-state index contributed by atoms with van der Waals surface area (Å²) in [4.78, 5) is 23.1. The number of carbonyl (C=O) groups excluding carboxylic acids is 1. The van der Waals surface area contributed by atoms with Crippen LogP contribution in [0.4, 0.5) is 5.69 Å². The van der Waals surface area contributed by atoms with E-state index in [1.165, 1.54) is 0 Å². The van der Waals surface area contributed by atoms with Crippen molar-refractivity contribution in [2.75, 3.05) is 25.6 Å². The van der Waals surface area contributed by atoms with Gasteiger partial charge in [0.2, 0.25) is 5.91 Å². The number of aliphatic carboxylic acids is 1. The molecule has 0 aliphatic heterocycles. The van der Waals surface area contributed by atoms with Crippen LogP contribution in [0.2, 0.25) is 0 Å². The molecular formula is C17H23NO5. The molecule has 0 heterocycles. The predicted octanol–water partition coefficient (Wildman–Crippen LogP) is 2.60. The maximum atomic E-state index is 12.6. The number of ether oxygens (including phenoxy) is 2. The van der Waals surface area contributed by atoms with Gasteiger partial charge in [-0.15, -0.1) is 0 Å². The lowest BCUT2D eigenvalue weighted by Crippen LogP contribution is -2.42. The summed E-state index contributed by atoms with van der Waals surface area (Å²) in [5.41, 5.74) is 1.24. The number of carbonyl (C=O) groups is 2. The third-order valence-electron chi connectivity index (χ3n) is 4.39. The summed E-state index contributed by atoms with van der Waals surface area (Å²) in [6.45, 7) is 2.05. The topological polar surface area (TPSA) is 84.9 Å². The molecule has 6 nitrogen and oxygen atoms in total. The number of amides is 1. The third kappa shape index (κ3) is 4.22. The van der Waals surface area contributed by atoms with Crippen LogP contribution < -0.4 is 10.1 Å². The summed E-state index contributed by atoms with van der Waals surface area (Å²) < 4.78 is 10.2. The van der Waals surface area contributed by atoms with E-state index in [1.54, 1.807) is 25.3 Å². The molecular weight excluding hydrogens is 298 g/mol. The number of carboxylic acid groups (broad SMARTS) is 1. The molecule has 1 fully saturated rings. The zero-order chi connectivity index (χ0) is 16.9. The molecule has 0 bridgehead atoms. The van der Waals surface area contributed by atoms with Crippen molar-refractivity contribution in [2.24, 2.45) is 5.41 Å². The van der Waals surface area contributed by atoms with Crippen LogP contribution in [0.1, 0.15) is 31.2 Å².